The molecular formula is C20H39IN4O3. The highest BCUT2D eigenvalue weighted by Crippen LogP contribution is 2.17. The number of aliphatic imine (C=N–C) groups is 1. The van der Waals surface area contributed by atoms with E-state index in [1.54, 1.807) is 0 Å². The lowest BCUT2D eigenvalue weighted by Gasteiger charge is -2.33. The summed E-state index contributed by atoms with van der Waals surface area (Å²) in [5.74, 6) is 1.59. The van der Waals surface area contributed by atoms with Crippen LogP contribution in [0.2, 0.25) is 0 Å². The molecule has 2 unspecified atom stereocenters. The van der Waals surface area contributed by atoms with Crippen molar-refractivity contribution in [3.05, 3.63) is 0 Å². The molecule has 0 aromatic heterocycles. The zero-order chi connectivity index (χ0) is 19.3. The van der Waals surface area contributed by atoms with E-state index in [2.05, 4.69) is 22.5 Å². The summed E-state index contributed by atoms with van der Waals surface area (Å²) in [6, 6.07) is 0.379. The minimum atomic E-state index is 0. The predicted octanol–water partition coefficient (Wildman–Crippen LogP) is 2.39. The number of carbonyl (C=O) groups is 1. The molecule has 2 fully saturated rings. The van der Waals surface area contributed by atoms with E-state index in [4.69, 9.17) is 9.47 Å². The Morgan fingerprint density at radius 1 is 1.29 bits per heavy atom. The highest BCUT2D eigenvalue weighted by Gasteiger charge is 2.22. The van der Waals surface area contributed by atoms with Gasteiger partial charge in [0.2, 0.25) is 5.91 Å². The summed E-state index contributed by atoms with van der Waals surface area (Å²) in [6.45, 7) is 10.5. The van der Waals surface area contributed by atoms with Gasteiger partial charge in [-0.15, -0.1) is 24.0 Å². The molecule has 2 heterocycles. The number of nitrogens with zero attached hydrogens (tertiary/aromatic N) is 2. The van der Waals surface area contributed by atoms with Crippen LogP contribution in [0.3, 0.4) is 0 Å². The van der Waals surface area contributed by atoms with E-state index in [0.29, 0.717) is 31.5 Å². The minimum Gasteiger partial charge on any atom is -0.381 e. The summed E-state index contributed by atoms with van der Waals surface area (Å²) < 4.78 is 11.1. The van der Waals surface area contributed by atoms with Gasteiger partial charge in [-0.25, -0.2) is 0 Å². The van der Waals surface area contributed by atoms with Gasteiger partial charge in [-0.3, -0.25) is 9.79 Å². The van der Waals surface area contributed by atoms with Crippen molar-refractivity contribution in [2.24, 2.45) is 10.9 Å². The Morgan fingerprint density at radius 2 is 2.14 bits per heavy atom. The monoisotopic (exact) mass is 510 g/mol. The van der Waals surface area contributed by atoms with Gasteiger partial charge in [0.05, 0.1) is 13.2 Å². The third-order valence-electron chi connectivity index (χ3n) is 5.19. The first-order valence-corrected chi connectivity index (χ1v) is 10.7. The van der Waals surface area contributed by atoms with Crippen LogP contribution in [0.25, 0.3) is 0 Å². The molecule has 0 aromatic carbocycles. The number of guanidine groups is 1. The molecule has 0 aromatic rings. The maximum absolute atomic E-state index is 12.4. The Labute approximate surface area is 187 Å². The van der Waals surface area contributed by atoms with E-state index < -0.39 is 0 Å². The summed E-state index contributed by atoms with van der Waals surface area (Å²) in [5.41, 5.74) is 0. The molecule has 28 heavy (non-hydrogen) atoms. The Hall–Kier alpha value is -0.610. The smallest absolute Gasteiger partial charge is 0.224 e. The molecule has 2 rings (SSSR count). The molecule has 2 saturated heterocycles. The lowest BCUT2D eigenvalue weighted by molar-refractivity contribution is -0.134. The van der Waals surface area contributed by atoms with E-state index in [1.807, 2.05) is 11.8 Å². The lowest BCUT2D eigenvalue weighted by atomic mass is 10.0. The third kappa shape index (κ3) is 9.73. The van der Waals surface area contributed by atoms with Crippen LogP contribution in [0.1, 0.15) is 52.4 Å². The number of piperidine rings is 1. The molecule has 8 heteroatoms. The summed E-state index contributed by atoms with van der Waals surface area (Å²) in [5, 5.41) is 6.51. The topological polar surface area (TPSA) is 75.2 Å². The second-order valence-electron chi connectivity index (χ2n) is 7.53. The Kier molecular flexibility index (Phi) is 13.9. The maximum atomic E-state index is 12.4. The second kappa shape index (κ2) is 15.3. The van der Waals surface area contributed by atoms with Crippen LogP contribution in [0, 0.1) is 5.92 Å². The van der Waals surface area contributed by atoms with Crippen LogP contribution in [0.5, 0.6) is 0 Å². The van der Waals surface area contributed by atoms with Gasteiger partial charge in [-0.2, -0.15) is 0 Å². The zero-order valence-electron chi connectivity index (χ0n) is 17.6. The SMILES string of the molecule is CCNC(=NCCCOCC1CCOC1)NCCC(=O)N1CCCCC1C.I. The number of ether oxygens (including phenoxy) is 2. The number of rotatable bonds is 10. The van der Waals surface area contributed by atoms with Gasteiger partial charge in [-0.1, -0.05) is 0 Å². The van der Waals surface area contributed by atoms with E-state index >= 15 is 0 Å². The second-order valence-corrected chi connectivity index (χ2v) is 7.53. The molecule has 2 atom stereocenters. The molecule has 1 amide bonds. The molecule has 7 nitrogen and oxygen atoms in total. The van der Waals surface area contributed by atoms with Crippen molar-refractivity contribution in [2.45, 2.75) is 58.4 Å². The van der Waals surface area contributed by atoms with Crippen molar-refractivity contribution in [1.82, 2.24) is 15.5 Å². The van der Waals surface area contributed by atoms with Gasteiger partial charge in [0, 0.05) is 57.8 Å². The first kappa shape index (κ1) is 25.4. The summed E-state index contributed by atoms with van der Waals surface area (Å²) in [6.07, 6.45) is 6.01. The Balaban J connectivity index is 0.00000392. The number of amides is 1. The van der Waals surface area contributed by atoms with Crippen molar-refractivity contribution in [3.63, 3.8) is 0 Å². The van der Waals surface area contributed by atoms with Crippen LogP contribution < -0.4 is 10.6 Å². The number of halogens is 1. The largest absolute Gasteiger partial charge is 0.381 e. The minimum absolute atomic E-state index is 0. The van der Waals surface area contributed by atoms with E-state index in [1.165, 1.54) is 6.42 Å². The molecule has 0 spiro atoms. The van der Waals surface area contributed by atoms with Gasteiger partial charge in [-0.05, 0) is 46.0 Å². The average molecular weight is 510 g/mol. The van der Waals surface area contributed by atoms with Crippen molar-refractivity contribution < 1.29 is 14.3 Å². The molecule has 0 radical (unpaired) electrons. The highest BCUT2D eigenvalue weighted by atomic mass is 127. The quantitative estimate of drug-likeness (QED) is 0.204. The molecule has 2 N–H and O–H groups in total. The van der Waals surface area contributed by atoms with Crippen molar-refractivity contribution in [3.8, 4) is 0 Å². The van der Waals surface area contributed by atoms with Crippen LogP contribution in [-0.4, -0.2) is 75.4 Å². The van der Waals surface area contributed by atoms with Crippen LogP contribution >= 0.6 is 24.0 Å². The number of hydrogen-bond acceptors (Lipinski definition) is 4. The summed E-state index contributed by atoms with van der Waals surface area (Å²) in [7, 11) is 0. The molecular weight excluding hydrogens is 471 g/mol. The standard InChI is InChI=1S/C20H38N4O3.HI/c1-3-21-20(22-10-6-13-26-15-18-9-14-27-16-18)23-11-8-19(25)24-12-5-4-7-17(24)2;/h17-18H,3-16H2,1-2H3,(H2,21,22,23);1H. The van der Waals surface area contributed by atoms with E-state index in [9.17, 15) is 4.79 Å². The number of hydrogen-bond donors (Lipinski definition) is 2. The fraction of sp³-hybridized carbons (Fsp3) is 0.900. The molecule has 2 aliphatic rings. The fourth-order valence-corrected chi connectivity index (χ4v) is 3.56. The molecule has 2 aliphatic heterocycles. The van der Waals surface area contributed by atoms with Crippen molar-refractivity contribution in [2.75, 3.05) is 52.6 Å². The van der Waals surface area contributed by atoms with Gasteiger partial charge >= 0.3 is 0 Å². The first-order chi connectivity index (χ1) is 13.2. The normalized spacial score (nSPS) is 22.6. The predicted molar refractivity (Wildman–Crippen MR) is 123 cm³/mol. The first-order valence-electron chi connectivity index (χ1n) is 10.7. The Bertz CT molecular complexity index is 459. The lowest BCUT2D eigenvalue weighted by Crippen LogP contribution is -2.44. The van der Waals surface area contributed by atoms with Crippen LogP contribution in [0.15, 0.2) is 4.99 Å². The summed E-state index contributed by atoms with van der Waals surface area (Å²) >= 11 is 0. The van der Waals surface area contributed by atoms with Gasteiger partial charge in [0.15, 0.2) is 5.96 Å². The fourth-order valence-electron chi connectivity index (χ4n) is 3.56. The summed E-state index contributed by atoms with van der Waals surface area (Å²) in [4.78, 5) is 19.0. The zero-order valence-corrected chi connectivity index (χ0v) is 19.9. The third-order valence-corrected chi connectivity index (χ3v) is 5.19. The van der Waals surface area contributed by atoms with Crippen LogP contribution in [0.4, 0.5) is 0 Å². The molecule has 0 bridgehead atoms. The van der Waals surface area contributed by atoms with Crippen LogP contribution in [-0.2, 0) is 14.3 Å². The van der Waals surface area contributed by atoms with E-state index in [0.717, 1.165) is 71.2 Å². The molecule has 164 valence electrons. The number of nitrogens with one attached hydrogen (secondary N) is 2. The Morgan fingerprint density at radius 3 is 2.86 bits per heavy atom. The highest BCUT2D eigenvalue weighted by molar-refractivity contribution is 14.0. The van der Waals surface area contributed by atoms with Crippen molar-refractivity contribution >= 4 is 35.8 Å². The van der Waals surface area contributed by atoms with E-state index in [-0.39, 0.29) is 29.9 Å². The molecule has 0 saturated carbocycles. The molecule has 0 aliphatic carbocycles. The van der Waals surface area contributed by atoms with Crippen molar-refractivity contribution in [1.29, 1.82) is 0 Å². The van der Waals surface area contributed by atoms with Gasteiger partial charge in [0.1, 0.15) is 0 Å². The number of carbonyl (C=O) groups excluding carboxylic acids is 1. The maximum Gasteiger partial charge on any atom is 0.224 e. The number of likely N-dealkylation sites (tertiary alicyclic amines) is 1. The average Bonchev–Trinajstić information content (AvgIpc) is 3.18. The van der Waals surface area contributed by atoms with Gasteiger partial charge in [0.25, 0.3) is 0 Å². The van der Waals surface area contributed by atoms with Gasteiger partial charge < -0.3 is 25.0 Å².